The first-order valence-electron chi connectivity index (χ1n) is 12.9. The second-order valence-electron chi connectivity index (χ2n) is 9.52. The molecule has 1 N–H and O–H groups in total. The summed E-state index contributed by atoms with van der Waals surface area (Å²) in [4.78, 5) is 2.28. The van der Waals surface area contributed by atoms with E-state index in [4.69, 9.17) is 9.47 Å². The van der Waals surface area contributed by atoms with Crippen LogP contribution >= 0.6 is 0 Å². The average Bonchev–Trinajstić information content (AvgIpc) is 3.54. The second kappa shape index (κ2) is 11.9. The zero-order valence-corrected chi connectivity index (χ0v) is 22.2. The molecule has 2 aromatic carbocycles. The van der Waals surface area contributed by atoms with Gasteiger partial charge in [-0.1, -0.05) is 75.7 Å². The van der Waals surface area contributed by atoms with Gasteiger partial charge in [0, 0.05) is 42.5 Å². The number of nitrogens with one attached hydrogen (secondary N) is 1. The van der Waals surface area contributed by atoms with Gasteiger partial charge >= 0.3 is 0 Å². The SMILES string of the molecule is C=CC1=C(\C=C)CN(C(=C)CCNC(=C)CCCOc2cc3c(cc2OC)C3C)c2ccccc2/C=C\1. The van der Waals surface area contributed by atoms with E-state index in [9.17, 15) is 0 Å². The standard InChI is InChI=1S/C33H38N2O2/c1-7-26-15-16-28-13-9-10-14-31(28)35(22-27(26)8-2)24(4)17-18-34-23(3)12-11-19-37-33-21-30-25(5)29(30)20-32(33)36-6/h7-10,13-16,20-21,25,34H,1-4,11-12,17-19,22H2,5-6H3/b16-15-,27-26-. The number of anilines is 1. The van der Waals surface area contributed by atoms with E-state index >= 15 is 0 Å². The molecule has 4 heteroatoms. The Bertz CT molecular complexity index is 1270. The molecule has 0 fully saturated rings. The Kier molecular flexibility index (Phi) is 8.39. The van der Waals surface area contributed by atoms with Gasteiger partial charge in [-0.2, -0.15) is 0 Å². The summed E-state index contributed by atoms with van der Waals surface area (Å²) in [7, 11) is 1.69. The van der Waals surface area contributed by atoms with Gasteiger partial charge in [-0.05, 0) is 58.9 Å². The van der Waals surface area contributed by atoms with Gasteiger partial charge in [0.2, 0.25) is 0 Å². The summed E-state index contributed by atoms with van der Waals surface area (Å²) in [5.41, 5.74) is 9.28. The van der Waals surface area contributed by atoms with Crippen molar-refractivity contribution in [3.63, 3.8) is 0 Å². The highest BCUT2D eigenvalue weighted by Crippen LogP contribution is 2.48. The number of benzene rings is 2. The van der Waals surface area contributed by atoms with Crippen LogP contribution in [0.4, 0.5) is 5.69 Å². The lowest BCUT2D eigenvalue weighted by Gasteiger charge is -2.31. The van der Waals surface area contributed by atoms with E-state index in [1.807, 2.05) is 12.2 Å². The molecule has 1 heterocycles. The molecule has 1 aliphatic heterocycles. The molecule has 0 radical (unpaired) electrons. The number of fused-ring (bicyclic) bond motifs is 2. The zero-order valence-electron chi connectivity index (χ0n) is 22.2. The van der Waals surface area contributed by atoms with Gasteiger partial charge in [-0.15, -0.1) is 0 Å². The Balaban J connectivity index is 1.26. The maximum atomic E-state index is 6.02. The summed E-state index contributed by atoms with van der Waals surface area (Å²) in [5.74, 6) is 2.17. The topological polar surface area (TPSA) is 33.7 Å². The highest BCUT2D eigenvalue weighted by Gasteiger charge is 2.30. The summed E-state index contributed by atoms with van der Waals surface area (Å²) in [5, 5.41) is 3.47. The fraction of sp³-hybridized carbons (Fsp3) is 0.273. The van der Waals surface area contributed by atoms with Crippen LogP contribution in [0.5, 0.6) is 11.5 Å². The number of methoxy groups -OCH3 is 1. The Morgan fingerprint density at radius 2 is 1.81 bits per heavy atom. The molecule has 0 spiro atoms. The molecule has 192 valence electrons. The summed E-state index contributed by atoms with van der Waals surface area (Å²) >= 11 is 0. The van der Waals surface area contributed by atoms with Crippen LogP contribution in [0, 0.1) is 0 Å². The van der Waals surface area contributed by atoms with Crippen molar-refractivity contribution >= 4 is 11.8 Å². The normalized spacial score (nSPS) is 18.4. The van der Waals surface area contributed by atoms with Crippen LogP contribution in [0.3, 0.4) is 0 Å². The van der Waals surface area contributed by atoms with Gasteiger partial charge in [-0.25, -0.2) is 0 Å². The van der Waals surface area contributed by atoms with Crippen LogP contribution in [-0.2, 0) is 0 Å². The summed E-state index contributed by atoms with van der Waals surface area (Å²) < 4.78 is 11.5. The number of para-hydroxylation sites is 1. The third-order valence-electron chi connectivity index (χ3n) is 7.11. The molecular formula is C33H38N2O2. The van der Waals surface area contributed by atoms with Crippen molar-refractivity contribution in [2.24, 2.45) is 0 Å². The van der Waals surface area contributed by atoms with Gasteiger partial charge in [0.25, 0.3) is 0 Å². The lowest BCUT2D eigenvalue weighted by Crippen LogP contribution is -2.28. The number of ether oxygens (including phenoxy) is 2. The Morgan fingerprint density at radius 1 is 1.05 bits per heavy atom. The summed E-state index contributed by atoms with van der Waals surface area (Å²) in [6.07, 6.45) is 10.6. The third-order valence-corrected chi connectivity index (χ3v) is 7.11. The summed E-state index contributed by atoms with van der Waals surface area (Å²) in [6.45, 7) is 20.9. The van der Waals surface area contributed by atoms with Gasteiger partial charge in [0.15, 0.2) is 11.5 Å². The van der Waals surface area contributed by atoms with E-state index in [0.717, 1.165) is 71.1 Å². The van der Waals surface area contributed by atoms with E-state index in [0.29, 0.717) is 19.1 Å². The van der Waals surface area contributed by atoms with Gasteiger partial charge in [0.05, 0.1) is 13.7 Å². The zero-order chi connectivity index (χ0) is 26.4. The van der Waals surface area contributed by atoms with E-state index < -0.39 is 0 Å². The minimum absolute atomic E-state index is 0.525. The Labute approximate surface area is 222 Å². The number of nitrogens with zero attached hydrogens (tertiary/aromatic N) is 1. The van der Waals surface area contributed by atoms with E-state index in [1.54, 1.807) is 7.11 Å². The van der Waals surface area contributed by atoms with Crippen LogP contribution in [0.15, 0.2) is 103 Å². The first kappa shape index (κ1) is 26.2. The fourth-order valence-corrected chi connectivity index (χ4v) is 4.74. The molecule has 0 saturated heterocycles. The van der Waals surface area contributed by atoms with Crippen molar-refractivity contribution in [1.82, 2.24) is 5.32 Å². The first-order chi connectivity index (χ1) is 18.0. The average molecular weight is 495 g/mol. The number of allylic oxidation sites excluding steroid dienone is 4. The number of rotatable bonds is 13. The largest absolute Gasteiger partial charge is 0.493 e. The lowest BCUT2D eigenvalue weighted by atomic mass is 10.0. The van der Waals surface area contributed by atoms with Crippen molar-refractivity contribution in [2.75, 3.05) is 31.7 Å². The van der Waals surface area contributed by atoms with Crippen molar-refractivity contribution < 1.29 is 9.47 Å². The fourth-order valence-electron chi connectivity index (χ4n) is 4.74. The lowest BCUT2D eigenvalue weighted by molar-refractivity contribution is 0.289. The number of hydrogen-bond donors (Lipinski definition) is 1. The van der Waals surface area contributed by atoms with Gasteiger partial charge < -0.3 is 19.7 Å². The molecule has 37 heavy (non-hydrogen) atoms. The Hall–Kier alpha value is -3.92. The van der Waals surface area contributed by atoms with Gasteiger partial charge in [0.1, 0.15) is 0 Å². The maximum absolute atomic E-state index is 6.02. The van der Waals surface area contributed by atoms with E-state index in [-0.39, 0.29) is 0 Å². The monoisotopic (exact) mass is 494 g/mol. The third kappa shape index (κ3) is 6.08. The van der Waals surface area contributed by atoms with Crippen LogP contribution in [0.25, 0.3) is 6.08 Å². The molecule has 1 aliphatic carbocycles. The molecule has 4 rings (SSSR count). The minimum atomic E-state index is 0.525. The van der Waals surface area contributed by atoms with E-state index in [1.165, 1.54) is 11.1 Å². The minimum Gasteiger partial charge on any atom is -0.493 e. The van der Waals surface area contributed by atoms with E-state index in [2.05, 4.69) is 92.0 Å². The van der Waals surface area contributed by atoms with Gasteiger partial charge in [-0.3, -0.25) is 0 Å². The van der Waals surface area contributed by atoms with Crippen molar-refractivity contribution in [3.8, 4) is 11.5 Å². The molecule has 1 atom stereocenters. The van der Waals surface area contributed by atoms with Crippen LogP contribution in [-0.4, -0.2) is 26.8 Å². The second-order valence-corrected chi connectivity index (χ2v) is 9.52. The molecule has 4 nitrogen and oxygen atoms in total. The van der Waals surface area contributed by atoms with Crippen molar-refractivity contribution in [2.45, 2.75) is 32.1 Å². The predicted molar refractivity (Wildman–Crippen MR) is 156 cm³/mol. The quantitative estimate of drug-likeness (QED) is 0.292. The first-order valence-corrected chi connectivity index (χ1v) is 12.9. The molecule has 1 unspecified atom stereocenters. The molecule has 2 aromatic rings. The highest BCUT2D eigenvalue weighted by molar-refractivity contribution is 5.73. The molecule has 2 aliphatic rings. The van der Waals surface area contributed by atoms with Crippen LogP contribution in [0.2, 0.25) is 0 Å². The molecular weight excluding hydrogens is 456 g/mol. The molecule has 0 aromatic heterocycles. The predicted octanol–water partition coefficient (Wildman–Crippen LogP) is 7.53. The van der Waals surface area contributed by atoms with Crippen LogP contribution < -0.4 is 19.7 Å². The smallest absolute Gasteiger partial charge is 0.161 e. The highest BCUT2D eigenvalue weighted by atomic mass is 16.5. The molecule has 0 bridgehead atoms. The summed E-state index contributed by atoms with van der Waals surface area (Å²) in [6, 6.07) is 12.6. The number of hydrogen-bond acceptors (Lipinski definition) is 4. The van der Waals surface area contributed by atoms with Crippen LogP contribution in [0.1, 0.15) is 48.8 Å². The molecule has 0 amide bonds. The van der Waals surface area contributed by atoms with Crippen molar-refractivity contribution in [3.05, 3.63) is 120 Å². The molecule has 0 saturated carbocycles. The van der Waals surface area contributed by atoms with Crippen molar-refractivity contribution in [1.29, 1.82) is 0 Å². The Morgan fingerprint density at radius 3 is 2.54 bits per heavy atom. The maximum Gasteiger partial charge on any atom is 0.161 e.